The largest absolute Gasteiger partial charge is 0.416 e. The van der Waals surface area contributed by atoms with Crippen LogP contribution in [0.3, 0.4) is 0 Å². The average Bonchev–Trinajstić information content (AvgIpc) is 3.91. The second kappa shape index (κ2) is 18.6. The molecule has 2 aromatic heterocycles. The molecule has 0 saturated carbocycles. The number of alkyl halides is 3. The molecule has 7 rings (SSSR count). The van der Waals surface area contributed by atoms with E-state index in [1.165, 1.54) is 6.07 Å². The number of anilines is 4. The molecule has 2 unspecified atom stereocenters. The summed E-state index contributed by atoms with van der Waals surface area (Å²) in [6.07, 6.45) is 3.77. The fraction of sp³-hybridized carbons (Fsp3) is 0.500. The van der Waals surface area contributed by atoms with Crippen molar-refractivity contribution in [3.63, 3.8) is 0 Å². The maximum Gasteiger partial charge on any atom is 0.416 e. The Hall–Kier alpha value is -5.26. The first-order valence-corrected chi connectivity index (χ1v) is 21.0. The van der Waals surface area contributed by atoms with Gasteiger partial charge in [0.1, 0.15) is 5.82 Å². The van der Waals surface area contributed by atoms with Crippen LogP contribution < -0.4 is 41.7 Å². The number of pyridine rings is 2. The summed E-state index contributed by atoms with van der Waals surface area (Å²) in [7, 11) is 0. The molecule has 0 radical (unpaired) electrons. The van der Waals surface area contributed by atoms with Gasteiger partial charge in [-0.25, -0.2) is 19.6 Å². The van der Waals surface area contributed by atoms with Crippen LogP contribution in [0, 0.1) is 0 Å². The first kappa shape index (κ1) is 40.9. The Morgan fingerprint density at radius 2 is 1.72 bits per heavy atom. The first-order chi connectivity index (χ1) is 28.0. The number of fused-ring (bicyclic) bond motifs is 5. The Morgan fingerprint density at radius 3 is 2.55 bits per heavy atom. The number of nitrogens with one attached hydrogen (secondary N) is 6. The minimum Gasteiger partial charge on any atom is -0.368 e. The third kappa shape index (κ3) is 10.2. The zero-order valence-corrected chi connectivity index (χ0v) is 32.9. The smallest absolute Gasteiger partial charge is 0.368 e. The molecule has 6 N–H and O–H groups in total. The number of hydrogen-bond donors (Lipinski definition) is 6. The van der Waals surface area contributed by atoms with Crippen LogP contribution in [0.5, 0.6) is 0 Å². The van der Waals surface area contributed by atoms with Crippen LogP contribution in [0.4, 0.5) is 45.8 Å². The molecule has 3 fully saturated rings. The molecule has 1 aromatic carbocycles. The van der Waals surface area contributed by atoms with Crippen LogP contribution in [0.2, 0.25) is 0 Å². The van der Waals surface area contributed by atoms with Gasteiger partial charge in [-0.3, -0.25) is 14.5 Å². The summed E-state index contributed by atoms with van der Waals surface area (Å²) in [4.78, 5) is 62.7. The van der Waals surface area contributed by atoms with Gasteiger partial charge in [0.15, 0.2) is 5.82 Å². The number of aromatic nitrogens is 2. The fourth-order valence-electron chi connectivity index (χ4n) is 7.93. The predicted molar refractivity (Wildman–Crippen MR) is 218 cm³/mol. The molecular formula is C40H49F3N10O4S. The molecule has 58 heavy (non-hydrogen) atoms. The van der Waals surface area contributed by atoms with Crippen molar-refractivity contribution in [2.45, 2.75) is 87.3 Å². The van der Waals surface area contributed by atoms with Gasteiger partial charge in [-0.1, -0.05) is 25.0 Å². The number of carbonyl (C=O) groups excluding carboxylic acids is 4. The van der Waals surface area contributed by atoms with E-state index >= 15 is 0 Å². The molecule has 4 atom stereocenters. The minimum absolute atomic E-state index is 0.0456. The van der Waals surface area contributed by atoms with E-state index < -0.39 is 17.8 Å². The number of thioether (sulfide) groups is 1. The Kier molecular flexibility index (Phi) is 13.1. The summed E-state index contributed by atoms with van der Waals surface area (Å²) in [5.41, 5.74) is 1.12. The van der Waals surface area contributed by atoms with Gasteiger partial charge in [0.25, 0.3) is 0 Å². The van der Waals surface area contributed by atoms with E-state index in [0.29, 0.717) is 79.3 Å². The number of unbranched alkanes of at least 4 members (excludes halogenated alkanes) is 3. The van der Waals surface area contributed by atoms with Crippen LogP contribution in [-0.2, 0) is 15.8 Å². The topological polar surface area (TPSA) is 173 Å². The molecule has 6 amide bonds. The number of carbonyl (C=O) groups is 4. The van der Waals surface area contributed by atoms with E-state index in [1.807, 2.05) is 17.8 Å². The van der Waals surface area contributed by atoms with Crippen molar-refractivity contribution in [3.05, 3.63) is 60.3 Å². The highest BCUT2D eigenvalue weighted by Crippen LogP contribution is 2.41. The zero-order valence-electron chi connectivity index (χ0n) is 32.1. The Balaban J connectivity index is 0.784. The highest BCUT2D eigenvalue weighted by atomic mass is 32.2. The van der Waals surface area contributed by atoms with E-state index in [1.54, 1.807) is 35.4 Å². The number of amides is 6. The normalized spacial score (nSPS) is 20.5. The lowest BCUT2D eigenvalue weighted by Gasteiger charge is -2.36. The standard InChI is InChI=1S/C40H49F3N10O4S/c41-40(42,43)26-8-6-7-25(21-26)29-12-13-31-37(49-29)53(28-15-20-52(31)23-28)39(57)48-27-14-17-44-33(22-27)45-18-19-47-35(55)10-2-1-5-16-46-34(54)11-4-3-9-32-36-30(24-58-32)50-38(56)51-36/h6-8,12-14,17,21-22,28,30,32,36H,1-5,9-11,15-16,18-20,23-24H2,(H,46,54)(H,47,55)(H2,50,51,56)(H2,44,45,48,57)/t28-,30?,32-,36?/m0/s1. The Labute approximate surface area is 339 Å². The van der Waals surface area contributed by atoms with Gasteiger partial charge in [0.05, 0.1) is 35.1 Å². The lowest BCUT2D eigenvalue weighted by molar-refractivity contribution is -0.137. The number of nitrogens with zero attached hydrogens (tertiary/aromatic N) is 4. The molecule has 2 bridgehead atoms. The van der Waals surface area contributed by atoms with Crippen LogP contribution >= 0.6 is 11.8 Å². The number of rotatable bonds is 17. The molecule has 4 aliphatic rings. The lowest BCUT2D eigenvalue weighted by Crippen LogP contribution is -2.48. The quantitative estimate of drug-likeness (QED) is 0.0736. The zero-order chi connectivity index (χ0) is 40.6. The highest BCUT2D eigenvalue weighted by molar-refractivity contribution is 8.00. The maximum absolute atomic E-state index is 13.8. The second-order valence-corrected chi connectivity index (χ2v) is 16.3. The molecule has 0 spiro atoms. The maximum atomic E-state index is 13.8. The third-order valence-electron chi connectivity index (χ3n) is 10.9. The summed E-state index contributed by atoms with van der Waals surface area (Å²) < 4.78 is 40.3. The van der Waals surface area contributed by atoms with Crippen LogP contribution in [-0.4, -0.2) is 95.7 Å². The molecule has 310 valence electrons. The summed E-state index contributed by atoms with van der Waals surface area (Å²) >= 11 is 1.88. The van der Waals surface area contributed by atoms with Crippen LogP contribution in [0.1, 0.15) is 63.4 Å². The molecule has 3 saturated heterocycles. The fourth-order valence-corrected chi connectivity index (χ4v) is 9.48. The van der Waals surface area contributed by atoms with Gasteiger partial charge in [-0.15, -0.1) is 0 Å². The monoisotopic (exact) mass is 822 g/mol. The van der Waals surface area contributed by atoms with E-state index in [9.17, 15) is 32.3 Å². The lowest BCUT2D eigenvalue weighted by atomic mass is 10.0. The first-order valence-electron chi connectivity index (χ1n) is 20.0. The second-order valence-electron chi connectivity index (χ2n) is 15.0. The van der Waals surface area contributed by atoms with Crippen molar-refractivity contribution in [1.29, 1.82) is 0 Å². The van der Waals surface area contributed by atoms with Gasteiger partial charge in [-0.05, 0) is 62.4 Å². The summed E-state index contributed by atoms with van der Waals surface area (Å²) in [6, 6.07) is 11.6. The molecule has 18 heteroatoms. The van der Waals surface area contributed by atoms with Crippen molar-refractivity contribution in [2.24, 2.45) is 0 Å². The molecular weight excluding hydrogens is 774 g/mol. The summed E-state index contributed by atoms with van der Waals surface area (Å²) in [5.74, 6) is 1.82. The SMILES string of the molecule is O=C(CCCC[C@@H]1SCC2NC(=O)NC21)NCCCCCC(=O)NCCNc1cc(NC(=O)N2c3nc(-c4cccc(C(F)(F)F)c4)ccc3N3CC[C@H]2C3)ccn1. The minimum atomic E-state index is -4.49. The molecule has 3 aromatic rings. The average molecular weight is 823 g/mol. The van der Waals surface area contributed by atoms with E-state index in [2.05, 4.69) is 41.8 Å². The predicted octanol–water partition coefficient (Wildman–Crippen LogP) is 5.72. The van der Waals surface area contributed by atoms with Gasteiger partial charge in [0.2, 0.25) is 11.8 Å². The van der Waals surface area contributed by atoms with Crippen molar-refractivity contribution < 1.29 is 32.3 Å². The van der Waals surface area contributed by atoms with Crippen LogP contribution in [0.15, 0.2) is 54.7 Å². The summed E-state index contributed by atoms with van der Waals surface area (Å²) in [6.45, 7) is 2.74. The molecule has 6 heterocycles. The van der Waals surface area contributed by atoms with Gasteiger partial charge in [-0.2, -0.15) is 24.9 Å². The number of halogens is 3. The van der Waals surface area contributed by atoms with Gasteiger partial charge in [0, 0.05) is 80.1 Å². The van der Waals surface area contributed by atoms with E-state index in [-0.39, 0.29) is 36.0 Å². The highest BCUT2D eigenvalue weighted by Gasteiger charge is 2.43. The van der Waals surface area contributed by atoms with E-state index in [4.69, 9.17) is 4.98 Å². The van der Waals surface area contributed by atoms with Crippen molar-refractivity contribution >= 4 is 58.6 Å². The van der Waals surface area contributed by atoms with Gasteiger partial charge >= 0.3 is 18.2 Å². The molecule has 4 aliphatic heterocycles. The van der Waals surface area contributed by atoms with Crippen LogP contribution in [0.25, 0.3) is 11.3 Å². The number of hydrogen-bond acceptors (Lipinski definition) is 9. The van der Waals surface area contributed by atoms with Crippen molar-refractivity contribution in [1.82, 2.24) is 31.2 Å². The van der Waals surface area contributed by atoms with Crippen molar-refractivity contribution in [3.8, 4) is 11.3 Å². The Bertz CT molecular complexity index is 1970. The summed E-state index contributed by atoms with van der Waals surface area (Å²) in [5, 5.41) is 18.3. The Morgan fingerprint density at radius 1 is 0.914 bits per heavy atom. The third-order valence-corrected chi connectivity index (χ3v) is 12.4. The number of urea groups is 2. The van der Waals surface area contributed by atoms with E-state index in [0.717, 1.165) is 68.6 Å². The van der Waals surface area contributed by atoms with Gasteiger partial charge < -0.3 is 36.8 Å². The molecule has 14 nitrogen and oxygen atoms in total. The number of benzene rings is 1. The van der Waals surface area contributed by atoms with Crippen molar-refractivity contribution in [2.75, 3.05) is 58.9 Å². The molecule has 0 aliphatic carbocycles.